The maximum Gasteiger partial charge on any atom is 0.230 e. The van der Waals surface area contributed by atoms with E-state index in [0.29, 0.717) is 0 Å². The SMILES string of the molecule is c1ccc2c(c1)ccc1ccc3c(c12)-c1c(ccc2ccc4ccccc4c12)OCO3. The fourth-order valence-corrected chi connectivity index (χ4v) is 5.05. The van der Waals surface area contributed by atoms with Crippen molar-refractivity contribution in [2.75, 3.05) is 6.79 Å². The summed E-state index contributed by atoms with van der Waals surface area (Å²) in [6.07, 6.45) is 0. The third kappa shape index (κ3) is 2.33. The van der Waals surface area contributed by atoms with Crippen LogP contribution in [0.4, 0.5) is 0 Å². The molecule has 0 amide bonds. The van der Waals surface area contributed by atoms with Crippen molar-refractivity contribution in [3.63, 3.8) is 0 Å². The van der Waals surface area contributed by atoms with Crippen LogP contribution in [0, 0.1) is 0 Å². The first-order valence-electron chi connectivity index (χ1n) is 10.5. The average molecular weight is 398 g/mol. The highest BCUT2D eigenvalue weighted by atomic mass is 16.7. The van der Waals surface area contributed by atoms with Crippen molar-refractivity contribution in [1.82, 2.24) is 0 Å². The van der Waals surface area contributed by atoms with E-state index in [-0.39, 0.29) is 6.79 Å². The van der Waals surface area contributed by atoms with Gasteiger partial charge in [-0.2, -0.15) is 0 Å². The lowest BCUT2D eigenvalue weighted by molar-refractivity contribution is 0.125. The molecule has 0 aliphatic carbocycles. The molecule has 0 radical (unpaired) electrons. The van der Waals surface area contributed by atoms with Crippen LogP contribution in [0.2, 0.25) is 0 Å². The molecule has 0 atom stereocenters. The second-order valence-corrected chi connectivity index (χ2v) is 8.05. The van der Waals surface area contributed by atoms with Crippen LogP contribution in [-0.2, 0) is 0 Å². The maximum absolute atomic E-state index is 6.13. The van der Waals surface area contributed by atoms with Crippen LogP contribution in [0.5, 0.6) is 11.5 Å². The number of benzene rings is 6. The van der Waals surface area contributed by atoms with Crippen LogP contribution < -0.4 is 9.47 Å². The fraction of sp³-hybridized carbons (Fsp3) is 0.0345. The number of ether oxygens (including phenoxy) is 2. The second kappa shape index (κ2) is 6.23. The Morgan fingerprint density at radius 2 is 0.839 bits per heavy atom. The number of hydrogen-bond acceptors (Lipinski definition) is 2. The molecule has 6 aromatic rings. The van der Waals surface area contributed by atoms with E-state index < -0.39 is 0 Å². The van der Waals surface area contributed by atoms with Gasteiger partial charge in [0, 0.05) is 21.9 Å². The van der Waals surface area contributed by atoms with Crippen LogP contribution >= 0.6 is 0 Å². The summed E-state index contributed by atoms with van der Waals surface area (Å²) in [5.41, 5.74) is 2.23. The zero-order chi connectivity index (χ0) is 20.4. The highest BCUT2D eigenvalue weighted by molar-refractivity contribution is 6.23. The van der Waals surface area contributed by atoms with E-state index in [4.69, 9.17) is 9.47 Å². The van der Waals surface area contributed by atoms with Crippen molar-refractivity contribution in [2.24, 2.45) is 0 Å². The van der Waals surface area contributed by atoms with Gasteiger partial charge < -0.3 is 9.47 Å². The molecule has 2 heteroatoms. The molecule has 0 fully saturated rings. The zero-order valence-electron chi connectivity index (χ0n) is 16.8. The normalized spacial score (nSPS) is 12.9. The average Bonchev–Trinajstić information content (AvgIpc) is 3.03. The van der Waals surface area contributed by atoms with Crippen molar-refractivity contribution in [2.45, 2.75) is 0 Å². The summed E-state index contributed by atoms with van der Waals surface area (Å²) < 4.78 is 12.3. The zero-order valence-corrected chi connectivity index (χ0v) is 16.8. The van der Waals surface area contributed by atoms with E-state index in [2.05, 4.69) is 97.1 Å². The van der Waals surface area contributed by atoms with Crippen LogP contribution in [0.25, 0.3) is 54.2 Å². The van der Waals surface area contributed by atoms with Gasteiger partial charge in [-0.3, -0.25) is 0 Å². The first-order chi connectivity index (χ1) is 15.4. The van der Waals surface area contributed by atoms with E-state index in [1.165, 1.54) is 43.1 Å². The van der Waals surface area contributed by atoms with Crippen molar-refractivity contribution in [1.29, 1.82) is 0 Å². The molecule has 1 aliphatic rings. The fourth-order valence-electron chi connectivity index (χ4n) is 5.05. The molecule has 0 aromatic heterocycles. The van der Waals surface area contributed by atoms with Crippen molar-refractivity contribution < 1.29 is 9.47 Å². The van der Waals surface area contributed by atoms with Gasteiger partial charge in [0.2, 0.25) is 6.79 Å². The molecule has 0 bridgehead atoms. The summed E-state index contributed by atoms with van der Waals surface area (Å²) in [5.74, 6) is 1.73. The van der Waals surface area contributed by atoms with E-state index in [0.717, 1.165) is 22.6 Å². The molecule has 0 saturated carbocycles. The topological polar surface area (TPSA) is 18.5 Å². The molecular formula is C29H18O2. The highest BCUT2D eigenvalue weighted by Gasteiger charge is 2.23. The van der Waals surface area contributed by atoms with Crippen molar-refractivity contribution in [3.8, 4) is 22.6 Å². The smallest absolute Gasteiger partial charge is 0.230 e. The maximum atomic E-state index is 6.13. The molecule has 7 rings (SSSR count). The molecule has 31 heavy (non-hydrogen) atoms. The minimum absolute atomic E-state index is 0.201. The minimum Gasteiger partial charge on any atom is -0.457 e. The van der Waals surface area contributed by atoms with Gasteiger partial charge in [-0.25, -0.2) is 0 Å². The number of fused-ring (bicyclic) bond motifs is 11. The molecule has 1 aliphatic heterocycles. The van der Waals surface area contributed by atoms with Crippen LogP contribution in [0.1, 0.15) is 0 Å². The lowest BCUT2D eigenvalue weighted by atomic mass is 9.88. The Labute approximate surface area is 179 Å². The van der Waals surface area contributed by atoms with Crippen LogP contribution in [0.3, 0.4) is 0 Å². The van der Waals surface area contributed by atoms with E-state index in [1.807, 2.05) is 0 Å². The Hall–Kier alpha value is -4.04. The Kier molecular flexibility index (Phi) is 3.36. The molecule has 146 valence electrons. The molecule has 0 unspecified atom stereocenters. The summed E-state index contributed by atoms with van der Waals surface area (Å²) in [6.45, 7) is 0.201. The predicted molar refractivity (Wildman–Crippen MR) is 128 cm³/mol. The van der Waals surface area contributed by atoms with E-state index >= 15 is 0 Å². The van der Waals surface area contributed by atoms with Gasteiger partial charge in [-0.1, -0.05) is 84.9 Å². The summed E-state index contributed by atoms with van der Waals surface area (Å²) in [7, 11) is 0. The first kappa shape index (κ1) is 16.7. The Balaban J connectivity index is 1.78. The highest BCUT2D eigenvalue weighted by Crippen LogP contribution is 2.49. The molecular weight excluding hydrogens is 380 g/mol. The molecule has 6 aromatic carbocycles. The van der Waals surface area contributed by atoms with Crippen molar-refractivity contribution in [3.05, 3.63) is 97.1 Å². The second-order valence-electron chi connectivity index (χ2n) is 8.05. The largest absolute Gasteiger partial charge is 0.457 e. The van der Waals surface area contributed by atoms with Crippen molar-refractivity contribution >= 4 is 43.1 Å². The Morgan fingerprint density at radius 3 is 1.35 bits per heavy atom. The van der Waals surface area contributed by atoms with Gasteiger partial charge in [-0.15, -0.1) is 0 Å². The summed E-state index contributed by atoms with van der Waals surface area (Å²) >= 11 is 0. The van der Waals surface area contributed by atoms with Gasteiger partial charge in [0.1, 0.15) is 11.5 Å². The molecule has 2 nitrogen and oxygen atoms in total. The lowest BCUT2D eigenvalue weighted by Gasteiger charge is -2.16. The lowest BCUT2D eigenvalue weighted by Crippen LogP contribution is -2.03. The third-order valence-electron chi connectivity index (χ3n) is 6.42. The van der Waals surface area contributed by atoms with Gasteiger partial charge in [0.15, 0.2) is 0 Å². The number of rotatable bonds is 0. The summed E-state index contributed by atoms with van der Waals surface area (Å²) in [4.78, 5) is 0. The van der Waals surface area contributed by atoms with E-state index in [9.17, 15) is 0 Å². The quantitative estimate of drug-likeness (QED) is 0.244. The molecule has 1 heterocycles. The summed E-state index contributed by atoms with van der Waals surface area (Å²) in [6, 6.07) is 34.4. The van der Waals surface area contributed by atoms with Gasteiger partial charge in [-0.05, 0) is 44.5 Å². The van der Waals surface area contributed by atoms with Crippen LogP contribution in [0.15, 0.2) is 97.1 Å². The minimum atomic E-state index is 0.201. The molecule has 0 N–H and O–H groups in total. The van der Waals surface area contributed by atoms with Gasteiger partial charge in [0.25, 0.3) is 0 Å². The van der Waals surface area contributed by atoms with Crippen LogP contribution in [-0.4, -0.2) is 6.79 Å². The monoisotopic (exact) mass is 398 g/mol. The predicted octanol–water partition coefficient (Wildman–Crippen LogP) is 7.70. The van der Waals surface area contributed by atoms with Gasteiger partial charge in [0.05, 0.1) is 0 Å². The Morgan fingerprint density at radius 1 is 0.419 bits per heavy atom. The third-order valence-corrected chi connectivity index (χ3v) is 6.42. The number of hydrogen-bond donors (Lipinski definition) is 0. The first-order valence-corrected chi connectivity index (χ1v) is 10.5. The summed E-state index contributed by atoms with van der Waals surface area (Å²) in [5, 5.41) is 9.72. The van der Waals surface area contributed by atoms with Gasteiger partial charge >= 0.3 is 0 Å². The molecule has 0 spiro atoms. The van der Waals surface area contributed by atoms with E-state index in [1.54, 1.807) is 0 Å². The Bertz CT molecular complexity index is 1540. The molecule has 0 saturated heterocycles. The standard InChI is InChI=1S/C29H18O2/c1-3-7-22-18(5-1)9-11-20-13-15-24-28(26(20)22)29-25(31-17-30-24)16-14-21-12-10-19-6-2-4-8-23(19)27(21)29/h1-16H,17H2.